The largest absolute Gasteiger partial charge is 0.497 e. The van der Waals surface area contributed by atoms with E-state index in [0.717, 1.165) is 54.3 Å². The highest BCUT2D eigenvalue weighted by Gasteiger charge is 2.24. The van der Waals surface area contributed by atoms with E-state index in [2.05, 4.69) is 22.4 Å². The Hall–Kier alpha value is -2.33. The second-order valence-electron chi connectivity index (χ2n) is 5.89. The first-order chi connectivity index (χ1) is 11.4. The number of piperidine rings is 1. The lowest BCUT2D eigenvalue weighted by Gasteiger charge is -2.21. The highest BCUT2D eigenvalue weighted by molar-refractivity contribution is 5.85. The van der Waals surface area contributed by atoms with Gasteiger partial charge in [0, 0.05) is 29.0 Å². The van der Waals surface area contributed by atoms with Crippen molar-refractivity contribution in [2.24, 2.45) is 0 Å². The molecular weight excluding hydrogens is 288 g/mol. The molecule has 2 aromatic rings. The topological polar surface area (TPSA) is 43.4 Å². The number of nitrogens with one attached hydrogen (secondary N) is 1. The van der Waals surface area contributed by atoms with Crippen LogP contribution in [0.3, 0.4) is 0 Å². The average molecular weight is 308 g/mol. The van der Waals surface area contributed by atoms with Crippen LogP contribution < -0.4 is 14.8 Å². The molecule has 0 aliphatic carbocycles. The molecule has 0 radical (unpaired) electrons. The van der Waals surface area contributed by atoms with Gasteiger partial charge in [0.25, 0.3) is 0 Å². The van der Waals surface area contributed by atoms with Gasteiger partial charge in [-0.3, -0.25) is 4.98 Å². The van der Waals surface area contributed by atoms with Gasteiger partial charge in [-0.2, -0.15) is 0 Å². The van der Waals surface area contributed by atoms with E-state index in [1.54, 1.807) is 7.11 Å². The molecule has 4 rings (SSSR count). The van der Waals surface area contributed by atoms with Crippen molar-refractivity contribution in [1.29, 1.82) is 0 Å². The quantitative estimate of drug-likeness (QED) is 0.879. The average Bonchev–Trinajstić information content (AvgIpc) is 2.78. The van der Waals surface area contributed by atoms with E-state index in [-0.39, 0.29) is 0 Å². The minimum atomic E-state index is 0.540. The predicted molar refractivity (Wildman–Crippen MR) is 89.7 cm³/mol. The van der Waals surface area contributed by atoms with E-state index in [1.807, 2.05) is 24.4 Å². The molecule has 0 unspecified atom stereocenters. The number of hydrogen-bond acceptors (Lipinski definition) is 4. The SMILES string of the molecule is COc1ccc2c(c1)OCc1cccnc1C2=C1CCNCC1. The highest BCUT2D eigenvalue weighted by Crippen LogP contribution is 2.40. The van der Waals surface area contributed by atoms with Crippen LogP contribution in [0.1, 0.15) is 29.7 Å². The van der Waals surface area contributed by atoms with E-state index in [9.17, 15) is 0 Å². The van der Waals surface area contributed by atoms with Crippen molar-refractivity contribution in [3.63, 3.8) is 0 Å². The molecule has 118 valence electrons. The molecule has 2 aliphatic heterocycles. The Labute approximate surface area is 136 Å². The van der Waals surface area contributed by atoms with Crippen LogP contribution in [0, 0.1) is 0 Å². The van der Waals surface area contributed by atoms with Crippen LogP contribution in [-0.4, -0.2) is 25.2 Å². The molecule has 0 atom stereocenters. The Morgan fingerprint density at radius 1 is 1.17 bits per heavy atom. The number of ether oxygens (including phenoxy) is 2. The maximum Gasteiger partial charge on any atom is 0.131 e. The number of hydrogen-bond donors (Lipinski definition) is 1. The van der Waals surface area contributed by atoms with E-state index in [1.165, 1.54) is 11.1 Å². The summed E-state index contributed by atoms with van der Waals surface area (Å²) in [6, 6.07) is 10.2. The van der Waals surface area contributed by atoms with Gasteiger partial charge in [0.1, 0.15) is 18.1 Å². The molecule has 4 heteroatoms. The zero-order valence-electron chi connectivity index (χ0n) is 13.3. The Balaban J connectivity index is 1.95. The monoisotopic (exact) mass is 308 g/mol. The molecule has 0 bridgehead atoms. The van der Waals surface area contributed by atoms with Crippen molar-refractivity contribution < 1.29 is 9.47 Å². The van der Waals surface area contributed by atoms with Crippen LogP contribution in [-0.2, 0) is 6.61 Å². The second kappa shape index (κ2) is 6.05. The predicted octanol–water partition coefficient (Wildman–Crippen LogP) is 3.17. The van der Waals surface area contributed by atoms with Crippen LogP contribution in [0.2, 0.25) is 0 Å². The van der Waals surface area contributed by atoms with E-state index < -0.39 is 0 Å². The van der Waals surface area contributed by atoms with Gasteiger partial charge < -0.3 is 14.8 Å². The lowest BCUT2D eigenvalue weighted by molar-refractivity contribution is 0.304. The minimum absolute atomic E-state index is 0.540. The summed E-state index contributed by atoms with van der Waals surface area (Å²) in [5, 5.41) is 3.43. The Kier molecular flexibility index (Phi) is 3.75. The molecule has 1 saturated heterocycles. The third kappa shape index (κ3) is 2.59. The molecule has 1 aromatic carbocycles. The van der Waals surface area contributed by atoms with Crippen LogP contribution >= 0.6 is 0 Å². The maximum absolute atomic E-state index is 6.07. The van der Waals surface area contributed by atoms with Crippen molar-refractivity contribution in [2.75, 3.05) is 20.2 Å². The minimum Gasteiger partial charge on any atom is -0.497 e. The van der Waals surface area contributed by atoms with Crippen molar-refractivity contribution >= 4 is 5.57 Å². The summed E-state index contributed by atoms with van der Waals surface area (Å²) in [5.74, 6) is 1.70. The molecule has 0 saturated carbocycles. The van der Waals surface area contributed by atoms with Crippen LogP contribution in [0.5, 0.6) is 11.5 Å². The fraction of sp³-hybridized carbons (Fsp3) is 0.316. The summed E-state index contributed by atoms with van der Waals surface area (Å²) in [4.78, 5) is 4.69. The zero-order chi connectivity index (χ0) is 15.6. The number of fused-ring (bicyclic) bond motifs is 2. The Morgan fingerprint density at radius 2 is 2.04 bits per heavy atom. The fourth-order valence-corrected chi connectivity index (χ4v) is 3.36. The molecular formula is C19H20N2O2. The standard InChI is InChI=1S/C19H20N2O2/c1-22-15-4-5-16-17(11-15)23-12-14-3-2-8-21-19(14)18(16)13-6-9-20-10-7-13/h2-5,8,11,20H,6-7,9-10,12H2,1H3. The van der Waals surface area contributed by atoms with E-state index >= 15 is 0 Å². The molecule has 23 heavy (non-hydrogen) atoms. The number of benzene rings is 1. The summed E-state index contributed by atoms with van der Waals surface area (Å²) < 4.78 is 11.4. The van der Waals surface area contributed by atoms with E-state index in [4.69, 9.17) is 9.47 Å². The van der Waals surface area contributed by atoms with Gasteiger partial charge in [-0.1, -0.05) is 11.6 Å². The lowest BCUT2D eigenvalue weighted by Crippen LogP contribution is -2.24. The smallest absolute Gasteiger partial charge is 0.131 e. The highest BCUT2D eigenvalue weighted by atomic mass is 16.5. The molecule has 1 aromatic heterocycles. The van der Waals surface area contributed by atoms with Gasteiger partial charge in [-0.05, 0) is 44.1 Å². The number of rotatable bonds is 1. The van der Waals surface area contributed by atoms with Crippen LogP contribution in [0.25, 0.3) is 5.57 Å². The van der Waals surface area contributed by atoms with Crippen molar-refractivity contribution in [1.82, 2.24) is 10.3 Å². The molecule has 1 N–H and O–H groups in total. The molecule has 3 heterocycles. The summed E-state index contributed by atoms with van der Waals surface area (Å²) in [7, 11) is 1.68. The lowest BCUT2D eigenvalue weighted by atomic mass is 9.89. The number of methoxy groups -OCH3 is 1. The summed E-state index contributed by atoms with van der Waals surface area (Å²) in [6.07, 6.45) is 3.97. The summed E-state index contributed by atoms with van der Waals surface area (Å²) in [6.45, 7) is 2.58. The summed E-state index contributed by atoms with van der Waals surface area (Å²) >= 11 is 0. The van der Waals surface area contributed by atoms with Gasteiger partial charge in [-0.15, -0.1) is 0 Å². The van der Waals surface area contributed by atoms with Crippen molar-refractivity contribution in [3.05, 3.63) is 58.9 Å². The third-order valence-electron chi connectivity index (χ3n) is 4.53. The molecule has 4 nitrogen and oxygen atoms in total. The molecule has 0 amide bonds. The van der Waals surface area contributed by atoms with Crippen molar-refractivity contribution in [2.45, 2.75) is 19.4 Å². The first kappa shape index (κ1) is 14.3. The van der Waals surface area contributed by atoms with Gasteiger partial charge >= 0.3 is 0 Å². The maximum atomic E-state index is 6.07. The number of aromatic nitrogens is 1. The normalized spacial score (nSPS) is 16.9. The van der Waals surface area contributed by atoms with Gasteiger partial charge in [0.05, 0.1) is 12.8 Å². The second-order valence-corrected chi connectivity index (χ2v) is 5.89. The number of pyridine rings is 1. The number of nitrogens with zero attached hydrogens (tertiary/aromatic N) is 1. The summed E-state index contributed by atoms with van der Waals surface area (Å²) in [5.41, 5.74) is 6.04. The van der Waals surface area contributed by atoms with E-state index in [0.29, 0.717) is 6.61 Å². The Bertz CT molecular complexity index is 760. The van der Waals surface area contributed by atoms with Crippen molar-refractivity contribution in [3.8, 4) is 11.5 Å². The molecule has 1 fully saturated rings. The van der Waals surface area contributed by atoms with Gasteiger partial charge in [0.2, 0.25) is 0 Å². The van der Waals surface area contributed by atoms with Crippen LogP contribution in [0.4, 0.5) is 0 Å². The van der Waals surface area contributed by atoms with Gasteiger partial charge in [-0.25, -0.2) is 0 Å². The van der Waals surface area contributed by atoms with Crippen LogP contribution in [0.15, 0.2) is 42.1 Å². The Morgan fingerprint density at radius 3 is 2.87 bits per heavy atom. The molecule has 0 spiro atoms. The zero-order valence-corrected chi connectivity index (χ0v) is 13.3. The van der Waals surface area contributed by atoms with Gasteiger partial charge in [0.15, 0.2) is 0 Å². The molecule has 2 aliphatic rings. The third-order valence-corrected chi connectivity index (χ3v) is 4.53. The first-order valence-corrected chi connectivity index (χ1v) is 8.05. The first-order valence-electron chi connectivity index (χ1n) is 8.05. The fourth-order valence-electron chi connectivity index (χ4n) is 3.36.